The largest absolute Gasteiger partial charge is 0.284 e. The van der Waals surface area contributed by atoms with Crippen LogP contribution >= 0.6 is 43.2 Å². The van der Waals surface area contributed by atoms with Gasteiger partial charge in [-0.25, -0.2) is 0 Å². The van der Waals surface area contributed by atoms with E-state index in [0.29, 0.717) is 0 Å². The van der Waals surface area contributed by atoms with E-state index < -0.39 is 0 Å². The van der Waals surface area contributed by atoms with Gasteiger partial charge in [-0.05, 0) is 63.9 Å². The molecule has 1 saturated heterocycles. The molecule has 0 saturated carbocycles. The van der Waals surface area contributed by atoms with Crippen LogP contribution in [0.25, 0.3) is 0 Å². The molecule has 1 aliphatic rings. The van der Waals surface area contributed by atoms with Crippen LogP contribution in [0.15, 0.2) is 14.3 Å². The minimum absolute atomic E-state index is 0.0760. The first-order valence-electron chi connectivity index (χ1n) is 5.31. The van der Waals surface area contributed by atoms with Gasteiger partial charge in [-0.3, -0.25) is 4.90 Å². The monoisotopic (exact) mass is 362 g/mol. The summed E-state index contributed by atoms with van der Waals surface area (Å²) in [6, 6.07) is 4.40. The van der Waals surface area contributed by atoms with Crippen molar-refractivity contribution in [1.29, 1.82) is 5.26 Å². The molecule has 0 bridgehead atoms. The zero-order valence-corrected chi connectivity index (χ0v) is 12.7. The molecular formula is C11H12Br2N2S. The Hall–Kier alpha value is 0.110. The van der Waals surface area contributed by atoms with E-state index in [1.54, 1.807) is 11.3 Å². The number of nitriles is 1. The summed E-state index contributed by atoms with van der Waals surface area (Å²) in [5.74, 6) is 0. The molecule has 0 aromatic carbocycles. The van der Waals surface area contributed by atoms with Gasteiger partial charge in [0, 0.05) is 9.35 Å². The highest BCUT2D eigenvalue weighted by molar-refractivity contribution is 9.13. The van der Waals surface area contributed by atoms with Crippen molar-refractivity contribution >= 4 is 43.2 Å². The topological polar surface area (TPSA) is 27.0 Å². The molecule has 0 aliphatic carbocycles. The Kier molecular flexibility index (Phi) is 4.42. The van der Waals surface area contributed by atoms with Crippen LogP contribution in [0.4, 0.5) is 0 Å². The molecule has 1 unspecified atom stereocenters. The highest BCUT2D eigenvalue weighted by atomic mass is 79.9. The van der Waals surface area contributed by atoms with Crippen LogP contribution in [0, 0.1) is 11.3 Å². The van der Waals surface area contributed by atoms with Gasteiger partial charge in [-0.15, -0.1) is 11.3 Å². The first-order valence-corrected chi connectivity index (χ1v) is 7.71. The van der Waals surface area contributed by atoms with Crippen LogP contribution in [-0.2, 0) is 0 Å². The molecule has 1 aromatic heterocycles. The van der Waals surface area contributed by atoms with Crippen molar-refractivity contribution < 1.29 is 0 Å². The second kappa shape index (κ2) is 5.63. The van der Waals surface area contributed by atoms with E-state index in [0.717, 1.165) is 26.2 Å². The number of halogens is 2. The molecule has 1 fully saturated rings. The van der Waals surface area contributed by atoms with Gasteiger partial charge < -0.3 is 0 Å². The van der Waals surface area contributed by atoms with E-state index in [2.05, 4.69) is 48.9 Å². The first-order chi connectivity index (χ1) is 7.72. The van der Waals surface area contributed by atoms with Gasteiger partial charge in [0.1, 0.15) is 6.04 Å². The standard InChI is InChI=1S/C11H12Br2N2S/c12-8-6-10(16-11(8)13)9(7-14)15-4-2-1-3-5-15/h6,9H,1-5H2. The van der Waals surface area contributed by atoms with Crippen molar-refractivity contribution in [3.63, 3.8) is 0 Å². The van der Waals surface area contributed by atoms with Crippen LogP contribution < -0.4 is 0 Å². The average molecular weight is 364 g/mol. The second-order valence-electron chi connectivity index (χ2n) is 3.90. The summed E-state index contributed by atoms with van der Waals surface area (Å²) in [6.45, 7) is 2.09. The molecular weight excluding hydrogens is 352 g/mol. The number of hydrogen-bond donors (Lipinski definition) is 0. The van der Waals surface area contributed by atoms with Crippen molar-refractivity contribution in [2.45, 2.75) is 25.3 Å². The van der Waals surface area contributed by atoms with Crippen LogP contribution in [0.5, 0.6) is 0 Å². The summed E-state index contributed by atoms with van der Waals surface area (Å²) < 4.78 is 2.12. The third-order valence-corrected chi connectivity index (χ3v) is 6.12. The number of piperidine rings is 1. The normalized spacial score (nSPS) is 19.3. The fourth-order valence-corrected chi connectivity index (χ4v) is 4.17. The van der Waals surface area contributed by atoms with Gasteiger partial charge >= 0.3 is 0 Å². The van der Waals surface area contributed by atoms with E-state index >= 15 is 0 Å². The summed E-state index contributed by atoms with van der Waals surface area (Å²) in [7, 11) is 0. The molecule has 1 aromatic rings. The summed E-state index contributed by atoms with van der Waals surface area (Å²) in [5.41, 5.74) is 0. The quantitative estimate of drug-likeness (QED) is 0.782. The number of rotatable bonds is 2. The lowest BCUT2D eigenvalue weighted by Gasteiger charge is -2.29. The maximum Gasteiger partial charge on any atom is 0.133 e. The van der Waals surface area contributed by atoms with Crippen LogP contribution in [0.2, 0.25) is 0 Å². The van der Waals surface area contributed by atoms with Crippen LogP contribution in [-0.4, -0.2) is 18.0 Å². The Morgan fingerprint density at radius 3 is 2.50 bits per heavy atom. The predicted molar refractivity (Wildman–Crippen MR) is 73.5 cm³/mol. The molecule has 0 amide bonds. The molecule has 86 valence electrons. The summed E-state index contributed by atoms with van der Waals surface area (Å²) in [6.07, 6.45) is 3.73. The SMILES string of the molecule is N#CC(c1cc(Br)c(Br)s1)N1CCCCC1. The lowest BCUT2D eigenvalue weighted by atomic mass is 10.1. The van der Waals surface area contributed by atoms with Crippen molar-refractivity contribution in [3.8, 4) is 6.07 Å². The smallest absolute Gasteiger partial charge is 0.133 e. The lowest BCUT2D eigenvalue weighted by Crippen LogP contribution is -2.32. The van der Waals surface area contributed by atoms with Gasteiger partial charge in [0.05, 0.1) is 9.86 Å². The molecule has 2 rings (SSSR count). The van der Waals surface area contributed by atoms with Crippen molar-refractivity contribution in [1.82, 2.24) is 4.90 Å². The Labute approximate surface area is 117 Å². The minimum atomic E-state index is -0.0760. The average Bonchev–Trinajstić information content (AvgIpc) is 2.61. The van der Waals surface area contributed by atoms with Gasteiger partial charge in [-0.1, -0.05) is 6.42 Å². The van der Waals surface area contributed by atoms with E-state index in [-0.39, 0.29) is 6.04 Å². The number of likely N-dealkylation sites (tertiary alicyclic amines) is 1. The van der Waals surface area contributed by atoms with E-state index in [9.17, 15) is 5.26 Å². The molecule has 0 radical (unpaired) electrons. The van der Waals surface area contributed by atoms with Crippen molar-refractivity contribution in [3.05, 3.63) is 19.2 Å². The third-order valence-electron chi connectivity index (χ3n) is 2.81. The fourth-order valence-electron chi connectivity index (χ4n) is 2.00. The predicted octanol–water partition coefficient (Wildman–Crippen LogP) is 4.32. The second-order valence-corrected chi connectivity index (χ2v) is 7.15. The van der Waals surface area contributed by atoms with Crippen molar-refractivity contribution in [2.24, 2.45) is 0 Å². The molecule has 16 heavy (non-hydrogen) atoms. The zero-order chi connectivity index (χ0) is 11.5. The molecule has 2 heterocycles. The maximum absolute atomic E-state index is 9.32. The maximum atomic E-state index is 9.32. The molecule has 0 spiro atoms. The number of hydrogen-bond acceptors (Lipinski definition) is 3. The van der Waals surface area contributed by atoms with Crippen molar-refractivity contribution in [2.75, 3.05) is 13.1 Å². The number of thiophene rings is 1. The van der Waals surface area contributed by atoms with Gasteiger partial charge in [0.2, 0.25) is 0 Å². The Morgan fingerprint density at radius 1 is 1.31 bits per heavy atom. The van der Waals surface area contributed by atoms with Gasteiger partial charge in [-0.2, -0.15) is 5.26 Å². The lowest BCUT2D eigenvalue weighted by molar-refractivity contribution is 0.198. The van der Waals surface area contributed by atoms with E-state index in [4.69, 9.17) is 0 Å². The fraction of sp³-hybridized carbons (Fsp3) is 0.545. The Morgan fingerprint density at radius 2 is 2.00 bits per heavy atom. The molecule has 1 atom stereocenters. The number of nitrogens with zero attached hydrogens (tertiary/aromatic N) is 2. The van der Waals surface area contributed by atoms with E-state index in [1.165, 1.54) is 19.3 Å². The molecule has 0 N–H and O–H groups in total. The first kappa shape index (κ1) is 12.6. The van der Waals surface area contributed by atoms with Gasteiger partial charge in [0.25, 0.3) is 0 Å². The van der Waals surface area contributed by atoms with E-state index in [1.807, 2.05) is 0 Å². The summed E-state index contributed by atoms with van der Waals surface area (Å²) in [5, 5.41) is 9.32. The molecule has 1 aliphatic heterocycles. The highest BCUT2D eigenvalue weighted by Gasteiger charge is 2.24. The Balaban J connectivity index is 2.18. The minimum Gasteiger partial charge on any atom is -0.284 e. The summed E-state index contributed by atoms with van der Waals surface area (Å²) >= 11 is 8.60. The Bertz CT molecular complexity index is 385. The molecule has 5 heteroatoms. The third kappa shape index (κ3) is 2.67. The molecule has 2 nitrogen and oxygen atoms in total. The summed E-state index contributed by atoms with van der Waals surface area (Å²) in [4.78, 5) is 3.41. The zero-order valence-electron chi connectivity index (χ0n) is 8.75. The van der Waals surface area contributed by atoms with Crippen LogP contribution in [0.3, 0.4) is 0 Å². The highest BCUT2D eigenvalue weighted by Crippen LogP contribution is 2.37. The van der Waals surface area contributed by atoms with Gasteiger partial charge in [0.15, 0.2) is 0 Å². The van der Waals surface area contributed by atoms with Crippen LogP contribution in [0.1, 0.15) is 30.2 Å².